The predicted molar refractivity (Wildman–Crippen MR) is 134 cm³/mol. The highest BCUT2D eigenvalue weighted by molar-refractivity contribution is 6.00. The smallest absolute Gasteiger partial charge is 0.458 e. The van der Waals surface area contributed by atoms with Gasteiger partial charge in [-0.2, -0.15) is 22.0 Å². The molecule has 2 N–H and O–H groups in total. The Bertz CT molecular complexity index is 1300. The number of hydrogen-bond acceptors (Lipinski definition) is 5. The summed E-state index contributed by atoms with van der Waals surface area (Å²) in [6.07, 6.45) is -6.32. The van der Waals surface area contributed by atoms with E-state index in [4.69, 9.17) is 4.74 Å². The predicted octanol–water partition coefficient (Wildman–Crippen LogP) is 6.06. The number of nitrogens with one attached hydrogen (secondary N) is 1. The van der Waals surface area contributed by atoms with Crippen LogP contribution in [0.25, 0.3) is 11.1 Å². The summed E-state index contributed by atoms with van der Waals surface area (Å²) in [7, 11) is 0. The Kier molecular flexibility index (Phi) is 7.17. The molecule has 2 aliphatic rings. The van der Waals surface area contributed by atoms with Crippen LogP contribution in [-0.2, 0) is 14.3 Å². The van der Waals surface area contributed by atoms with E-state index in [1.54, 1.807) is 26.0 Å². The van der Waals surface area contributed by atoms with Crippen LogP contribution in [0.15, 0.2) is 59.8 Å². The molecule has 4 rings (SSSR count). The van der Waals surface area contributed by atoms with Gasteiger partial charge < -0.3 is 15.2 Å². The van der Waals surface area contributed by atoms with Crippen molar-refractivity contribution in [2.24, 2.45) is 11.3 Å². The molecule has 1 heterocycles. The van der Waals surface area contributed by atoms with Gasteiger partial charge in [-0.15, -0.1) is 0 Å². The van der Waals surface area contributed by atoms with Crippen LogP contribution < -0.4 is 5.32 Å². The average Bonchev–Trinajstić information content (AvgIpc) is 2.82. The minimum Gasteiger partial charge on any atom is -0.466 e. The standard InChI is InChI=1S/C29H30F5NO4/c1-5-39-25(37)24-22(19-12-10-18(11-13-19)17-8-6-16(2)7-9-17)23-20(14-26(3,4)15-21(23)36)35-27(24,38)28(30,31)29(32,33)34/h6-13,22,24,35,38H,5,14-15H2,1-4H3. The zero-order valence-electron chi connectivity index (χ0n) is 22.0. The van der Waals surface area contributed by atoms with Crippen LogP contribution in [0.2, 0.25) is 0 Å². The maximum Gasteiger partial charge on any atom is 0.458 e. The quantitative estimate of drug-likeness (QED) is 0.349. The van der Waals surface area contributed by atoms with Crippen LogP contribution in [0.3, 0.4) is 0 Å². The van der Waals surface area contributed by atoms with Gasteiger partial charge in [0.2, 0.25) is 5.72 Å². The highest BCUT2D eigenvalue weighted by atomic mass is 19.4. The van der Waals surface area contributed by atoms with Crippen molar-refractivity contribution in [3.05, 3.63) is 70.9 Å². The number of Topliss-reactive ketones (excluding diaryl/α,β-unsaturated/α-hetero) is 1. The first-order valence-electron chi connectivity index (χ1n) is 12.6. The topological polar surface area (TPSA) is 75.6 Å². The van der Waals surface area contributed by atoms with Gasteiger partial charge in [-0.05, 0) is 42.4 Å². The number of aliphatic hydroxyl groups is 1. The number of esters is 1. The zero-order chi connectivity index (χ0) is 29.0. The third-order valence-corrected chi connectivity index (χ3v) is 7.39. The number of halogens is 5. The number of hydrogen-bond donors (Lipinski definition) is 2. The third kappa shape index (κ3) is 4.95. The number of ether oxygens (including phenoxy) is 1. The van der Waals surface area contributed by atoms with Gasteiger partial charge in [-0.3, -0.25) is 9.59 Å². The van der Waals surface area contributed by atoms with Gasteiger partial charge in [0.1, 0.15) is 5.92 Å². The van der Waals surface area contributed by atoms with Crippen molar-refractivity contribution in [3.8, 4) is 11.1 Å². The van der Waals surface area contributed by atoms with Crippen LogP contribution >= 0.6 is 0 Å². The van der Waals surface area contributed by atoms with E-state index in [2.05, 4.69) is 0 Å². The van der Waals surface area contributed by atoms with Crippen LogP contribution in [0.5, 0.6) is 0 Å². The van der Waals surface area contributed by atoms with E-state index in [1.165, 1.54) is 19.1 Å². The summed E-state index contributed by atoms with van der Waals surface area (Å²) in [6, 6.07) is 13.7. The van der Waals surface area contributed by atoms with E-state index in [0.29, 0.717) is 0 Å². The van der Waals surface area contributed by atoms with Crippen molar-refractivity contribution >= 4 is 11.8 Å². The lowest BCUT2D eigenvalue weighted by Crippen LogP contribution is -2.73. The summed E-state index contributed by atoms with van der Waals surface area (Å²) in [5.41, 5.74) is -2.53. The second-order valence-electron chi connectivity index (χ2n) is 11.0. The fraction of sp³-hybridized carbons (Fsp3) is 0.448. The summed E-state index contributed by atoms with van der Waals surface area (Å²) < 4.78 is 76.5. The monoisotopic (exact) mass is 551 g/mol. The molecule has 2 aromatic carbocycles. The molecule has 1 aliphatic carbocycles. The summed E-state index contributed by atoms with van der Waals surface area (Å²) in [5.74, 6) is -11.9. The van der Waals surface area contributed by atoms with E-state index in [9.17, 15) is 27.9 Å². The Balaban J connectivity index is 1.95. The minimum absolute atomic E-state index is 0.0187. The van der Waals surface area contributed by atoms with Crippen LogP contribution in [0.4, 0.5) is 22.0 Å². The molecule has 10 heteroatoms. The van der Waals surface area contributed by atoms with Crippen molar-refractivity contribution in [2.75, 3.05) is 6.61 Å². The highest BCUT2D eigenvalue weighted by Gasteiger charge is 2.76. The van der Waals surface area contributed by atoms with E-state index in [-0.39, 0.29) is 36.3 Å². The SMILES string of the molecule is CCOC(=O)C1C(c2ccc(-c3ccc(C)cc3)cc2)C2=C(CC(C)(C)CC2=O)NC1(O)C(F)(F)C(F)(F)F. The van der Waals surface area contributed by atoms with Crippen molar-refractivity contribution in [2.45, 2.75) is 64.3 Å². The van der Waals surface area contributed by atoms with E-state index < -0.39 is 46.8 Å². The first kappa shape index (κ1) is 28.7. The molecule has 210 valence electrons. The number of aryl methyl sites for hydroxylation is 1. The number of carbonyl (C=O) groups is 2. The molecule has 5 nitrogen and oxygen atoms in total. The molecule has 1 aliphatic heterocycles. The number of alkyl halides is 5. The first-order chi connectivity index (χ1) is 18.0. The largest absolute Gasteiger partial charge is 0.466 e. The van der Waals surface area contributed by atoms with Crippen molar-refractivity contribution in [1.82, 2.24) is 5.32 Å². The fourth-order valence-corrected chi connectivity index (χ4v) is 5.54. The van der Waals surface area contributed by atoms with Gasteiger partial charge in [0.05, 0.1) is 6.61 Å². The maximum absolute atomic E-state index is 15.2. The van der Waals surface area contributed by atoms with Crippen molar-refractivity contribution in [3.63, 3.8) is 0 Å². The number of allylic oxidation sites excluding steroid dienone is 2. The molecule has 0 amide bonds. The second-order valence-corrected chi connectivity index (χ2v) is 11.0. The first-order valence-corrected chi connectivity index (χ1v) is 12.6. The molecule has 0 bridgehead atoms. The van der Waals surface area contributed by atoms with Gasteiger partial charge in [0, 0.05) is 23.6 Å². The molecule has 0 radical (unpaired) electrons. The van der Waals surface area contributed by atoms with Gasteiger partial charge in [-0.25, -0.2) is 0 Å². The number of carbonyl (C=O) groups excluding carboxylic acids is 2. The Labute approximate surface area is 223 Å². The maximum atomic E-state index is 15.2. The van der Waals surface area contributed by atoms with Gasteiger partial charge in [0.25, 0.3) is 0 Å². The molecule has 2 aromatic rings. The van der Waals surface area contributed by atoms with E-state index >= 15 is 8.78 Å². The number of rotatable bonds is 5. The Hall–Kier alpha value is -3.27. The second kappa shape index (κ2) is 9.73. The van der Waals surface area contributed by atoms with Crippen LogP contribution in [0.1, 0.15) is 50.7 Å². The molecule has 3 atom stereocenters. The van der Waals surface area contributed by atoms with E-state index in [1.807, 2.05) is 36.5 Å². The molecule has 3 unspecified atom stereocenters. The third-order valence-electron chi connectivity index (χ3n) is 7.39. The zero-order valence-corrected chi connectivity index (χ0v) is 22.0. The Morgan fingerprint density at radius 2 is 1.54 bits per heavy atom. The molecule has 0 saturated carbocycles. The van der Waals surface area contributed by atoms with Crippen molar-refractivity contribution < 1.29 is 41.4 Å². The number of ketones is 1. The Morgan fingerprint density at radius 1 is 1.00 bits per heavy atom. The Morgan fingerprint density at radius 3 is 2.05 bits per heavy atom. The summed E-state index contributed by atoms with van der Waals surface area (Å²) >= 11 is 0. The summed E-state index contributed by atoms with van der Waals surface area (Å²) in [4.78, 5) is 26.5. The lowest BCUT2D eigenvalue weighted by Gasteiger charge is -2.51. The van der Waals surface area contributed by atoms with Gasteiger partial charge in [-0.1, -0.05) is 67.9 Å². The lowest BCUT2D eigenvalue weighted by atomic mass is 9.63. The van der Waals surface area contributed by atoms with Gasteiger partial charge >= 0.3 is 18.1 Å². The molecule has 0 saturated heterocycles. The minimum atomic E-state index is -6.22. The molecule has 0 aromatic heterocycles. The fourth-order valence-electron chi connectivity index (χ4n) is 5.54. The van der Waals surface area contributed by atoms with Crippen molar-refractivity contribution in [1.29, 1.82) is 0 Å². The number of benzene rings is 2. The molecular formula is C29H30F5NO4. The van der Waals surface area contributed by atoms with Crippen LogP contribution in [-0.4, -0.2) is 41.3 Å². The summed E-state index contributed by atoms with van der Waals surface area (Å²) in [6.45, 7) is 6.28. The van der Waals surface area contributed by atoms with Gasteiger partial charge in [0.15, 0.2) is 5.78 Å². The molecule has 0 spiro atoms. The van der Waals surface area contributed by atoms with E-state index in [0.717, 1.165) is 16.7 Å². The summed E-state index contributed by atoms with van der Waals surface area (Å²) in [5, 5.41) is 13.2. The molecule has 0 fully saturated rings. The highest BCUT2D eigenvalue weighted by Crippen LogP contribution is 2.56. The molecule has 39 heavy (non-hydrogen) atoms. The lowest BCUT2D eigenvalue weighted by molar-refractivity contribution is -0.358. The average molecular weight is 552 g/mol. The normalized spacial score (nSPS) is 25.1. The molecular weight excluding hydrogens is 521 g/mol. The van der Waals surface area contributed by atoms with Crippen LogP contribution in [0, 0.1) is 18.3 Å².